The van der Waals surface area contributed by atoms with Crippen molar-refractivity contribution in [1.29, 1.82) is 0 Å². The molecule has 0 atom stereocenters. The number of aryl methyl sites for hydroxylation is 1. The predicted octanol–water partition coefficient (Wildman–Crippen LogP) is 2.77. The lowest BCUT2D eigenvalue weighted by molar-refractivity contribution is 0.0927. The van der Waals surface area contributed by atoms with Gasteiger partial charge in [0.2, 0.25) is 0 Å². The first-order valence-electron chi connectivity index (χ1n) is 7.48. The Kier molecular flexibility index (Phi) is 6.60. The van der Waals surface area contributed by atoms with E-state index in [1.54, 1.807) is 37.4 Å². The van der Waals surface area contributed by atoms with Crippen LogP contribution in [0.4, 0.5) is 0 Å². The second-order valence-corrected chi connectivity index (χ2v) is 6.26. The van der Waals surface area contributed by atoms with Crippen LogP contribution in [0.15, 0.2) is 42.5 Å². The summed E-state index contributed by atoms with van der Waals surface area (Å²) in [5, 5.41) is 5.59. The lowest BCUT2D eigenvalue weighted by Crippen LogP contribution is -2.35. The van der Waals surface area contributed by atoms with Gasteiger partial charge in [-0.2, -0.15) is 0 Å². The average Bonchev–Trinajstić information content (AvgIpc) is 2.60. The molecular formula is C18H19IN2O3. The number of benzene rings is 2. The van der Waals surface area contributed by atoms with Gasteiger partial charge in [-0.25, -0.2) is 0 Å². The van der Waals surface area contributed by atoms with Crippen molar-refractivity contribution in [3.63, 3.8) is 0 Å². The summed E-state index contributed by atoms with van der Waals surface area (Å²) in [6.45, 7) is 2.69. The summed E-state index contributed by atoms with van der Waals surface area (Å²) in [5.41, 5.74) is 2.27. The van der Waals surface area contributed by atoms with E-state index in [1.165, 1.54) is 0 Å². The minimum absolute atomic E-state index is 0.137. The molecule has 5 nitrogen and oxygen atoms in total. The highest BCUT2D eigenvalue weighted by atomic mass is 127. The maximum Gasteiger partial charge on any atom is 0.252 e. The van der Waals surface area contributed by atoms with Crippen LogP contribution in [0.3, 0.4) is 0 Å². The maximum absolute atomic E-state index is 12.2. The van der Waals surface area contributed by atoms with Crippen LogP contribution in [-0.2, 0) is 0 Å². The molecule has 126 valence electrons. The van der Waals surface area contributed by atoms with Crippen LogP contribution in [0, 0.1) is 10.5 Å². The molecule has 0 fully saturated rings. The minimum Gasteiger partial charge on any atom is -0.497 e. The van der Waals surface area contributed by atoms with Gasteiger partial charge in [-0.1, -0.05) is 12.1 Å². The monoisotopic (exact) mass is 438 g/mol. The molecule has 2 aromatic carbocycles. The van der Waals surface area contributed by atoms with E-state index in [9.17, 15) is 9.59 Å². The Balaban J connectivity index is 1.80. The summed E-state index contributed by atoms with van der Waals surface area (Å²) >= 11 is 2.16. The molecule has 2 aromatic rings. The van der Waals surface area contributed by atoms with Crippen molar-refractivity contribution < 1.29 is 14.3 Å². The molecule has 0 unspecified atom stereocenters. The first-order valence-corrected chi connectivity index (χ1v) is 8.56. The van der Waals surface area contributed by atoms with E-state index in [1.807, 2.05) is 19.1 Å². The van der Waals surface area contributed by atoms with Gasteiger partial charge in [0.25, 0.3) is 11.8 Å². The van der Waals surface area contributed by atoms with Gasteiger partial charge in [-0.05, 0) is 65.4 Å². The fourth-order valence-electron chi connectivity index (χ4n) is 2.11. The number of hydrogen-bond acceptors (Lipinski definition) is 3. The SMILES string of the molecule is COc1ccc(C(=O)NCCNC(=O)c2cccc(C)c2I)cc1. The van der Waals surface area contributed by atoms with E-state index in [0.29, 0.717) is 30.0 Å². The van der Waals surface area contributed by atoms with Gasteiger partial charge in [0.05, 0.1) is 12.7 Å². The maximum atomic E-state index is 12.2. The number of carbonyl (C=O) groups is 2. The Morgan fingerprint density at radius 3 is 2.25 bits per heavy atom. The summed E-state index contributed by atoms with van der Waals surface area (Å²) in [5.74, 6) is 0.380. The number of carbonyl (C=O) groups excluding carboxylic acids is 2. The van der Waals surface area contributed by atoms with Crippen LogP contribution in [-0.4, -0.2) is 32.0 Å². The van der Waals surface area contributed by atoms with Crippen LogP contribution >= 0.6 is 22.6 Å². The number of hydrogen-bond donors (Lipinski definition) is 2. The molecule has 6 heteroatoms. The van der Waals surface area contributed by atoms with Crippen molar-refractivity contribution in [2.45, 2.75) is 6.92 Å². The fraction of sp³-hybridized carbons (Fsp3) is 0.222. The lowest BCUT2D eigenvalue weighted by Gasteiger charge is -2.09. The number of ether oxygens (including phenoxy) is 1. The number of halogens is 1. The molecular weight excluding hydrogens is 419 g/mol. The van der Waals surface area contributed by atoms with E-state index in [4.69, 9.17) is 4.74 Å². The van der Waals surface area contributed by atoms with Crippen molar-refractivity contribution in [3.8, 4) is 5.75 Å². The molecule has 0 saturated heterocycles. The highest BCUT2D eigenvalue weighted by Gasteiger charge is 2.11. The van der Waals surface area contributed by atoms with Crippen molar-refractivity contribution in [1.82, 2.24) is 10.6 Å². The zero-order valence-corrected chi connectivity index (χ0v) is 15.7. The molecule has 0 aromatic heterocycles. The van der Waals surface area contributed by atoms with Crippen molar-refractivity contribution >= 4 is 34.4 Å². The second-order valence-electron chi connectivity index (χ2n) is 5.18. The smallest absolute Gasteiger partial charge is 0.252 e. The van der Waals surface area contributed by atoms with Crippen LogP contribution in [0.5, 0.6) is 5.75 Å². The van der Waals surface area contributed by atoms with Gasteiger partial charge >= 0.3 is 0 Å². The molecule has 0 saturated carbocycles. The first-order chi connectivity index (χ1) is 11.5. The summed E-state index contributed by atoms with van der Waals surface area (Å²) < 4.78 is 5.99. The lowest BCUT2D eigenvalue weighted by atomic mass is 10.1. The molecule has 2 amide bonds. The third-order valence-corrected chi connectivity index (χ3v) is 4.92. The quantitative estimate of drug-likeness (QED) is 0.539. The molecule has 0 spiro atoms. The van der Waals surface area contributed by atoms with Crippen molar-refractivity contribution in [3.05, 3.63) is 62.7 Å². The molecule has 0 heterocycles. The van der Waals surface area contributed by atoms with Crippen molar-refractivity contribution in [2.75, 3.05) is 20.2 Å². The van der Waals surface area contributed by atoms with Gasteiger partial charge in [0.15, 0.2) is 0 Å². The molecule has 2 rings (SSSR count). The fourth-order valence-corrected chi connectivity index (χ4v) is 2.72. The zero-order chi connectivity index (χ0) is 17.5. The van der Waals surface area contributed by atoms with Crippen molar-refractivity contribution in [2.24, 2.45) is 0 Å². The minimum atomic E-state index is -0.183. The summed E-state index contributed by atoms with van der Waals surface area (Å²) in [4.78, 5) is 24.2. The van der Waals surface area contributed by atoms with Gasteiger partial charge in [0, 0.05) is 22.2 Å². The zero-order valence-electron chi connectivity index (χ0n) is 13.6. The largest absolute Gasteiger partial charge is 0.497 e. The third-order valence-electron chi connectivity index (χ3n) is 3.48. The van der Waals surface area contributed by atoms with Gasteiger partial charge < -0.3 is 15.4 Å². The normalized spacial score (nSPS) is 10.1. The molecule has 0 aliphatic rings. The topological polar surface area (TPSA) is 67.4 Å². The summed E-state index contributed by atoms with van der Waals surface area (Å²) in [6, 6.07) is 12.5. The first kappa shape index (κ1) is 18.3. The van der Waals surface area contributed by atoms with E-state index in [-0.39, 0.29) is 11.8 Å². The average molecular weight is 438 g/mol. The standard InChI is InChI=1S/C18H19IN2O3/c1-12-4-3-5-15(16(12)19)18(23)21-11-10-20-17(22)13-6-8-14(24-2)9-7-13/h3-9H,10-11H2,1-2H3,(H,20,22)(H,21,23). The van der Waals surface area contributed by atoms with E-state index < -0.39 is 0 Å². The molecule has 2 N–H and O–H groups in total. The second kappa shape index (κ2) is 8.68. The van der Waals surface area contributed by atoms with Gasteiger partial charge in [-0.3, -0.25) is 9.59 Å². The van der Waals surface area contributed by atoms with Crippen LogP contribution < -0.4 is 15.4 Å². The number of nitrogens with one attached hydrogen (secondary N) is 2. The summed E-state index contributed by atoms with van der Waals surface area (Å²) in [7, 11) is 1.58. The Morgan fingerprint density at radius 2 is 1.62 bits per heavy atom. The Labute approximate surface area is 154 Å². The molecule has 0 radical (unpaired) electrons. The Bertz CT molecular complexity index is 730. The summed E-state index contributed by atoms with van der Waals surface area (Å²) in [6.07, 6.45) is 0. The molecule has 24 heavy (non-hydrogen) atoms. The predicted molar refractivity (Wildman–Crippen MR) is 102 cm³/mol. The number of methoxy groups -OCH3 is 1. The number of rotatable bonds is 6. The molecule has 0 aliphatic carbocycles. The molecule has 0 aliphatic heterocycles. The highest BCUT2D eigenvalue weighted by molar-refractivity contribution is 14.1. The van der Waals surface area contributed by atoms with Crippen LogP contribution in [0.1, 0.15) is 26.3 Å². The van der Waals surface area contributed by atoms with E-state index >= 15 is 0 Å². The van der Waals surface area contributed by atoms with Crippen LogP contribution in [0.2, 0.25) is 0 Å². The van der Waals surface area contributed by atoms with E-state index in [0.717, 1.165) is 9.13 Å². The van der Waals surface area contributed by atoms with Gasteiger partial charge in [0.1, 0.15) is 5.75 Å². The molecule has 0 bridgehead atoms. The van der Waals surface area contributed by atoms with Crippen LogP contribution in [0.25, 0.3) is 0 Å². The number of amides is 2. The third kappa shape index (κ3) is 4.70. The van der Waals surface area contributed by atoms with Gasteiger partial charge in [-0.15, -0.1) is 0 Å². The Hall–Kier alpha value is -2.09. The Morgan fingerprint density at radius 1 is 1.00 bits per heavy atom. The highest BCUT2D eigenvalue weighted by Crippen LogP contribution is 2.16. The van der Waals surface area contributed by atoms with E-state index in [2.05, 4.69) is 33.2 Å².